The molecule has 27 heavy (non-hydrogen) atoms. The van der Waals surface area contributed by atoms with Gasteiger partial charge in [-0.05, 0) is 60.3 Å². The van der Waals surface area contributed by atoms with Crippen LogP contribution < -0.4 is 20.2 Å². The van der Waals surface area contributed by atoms with Crippen LogP contribution in [0.4, 0.5) is 0 Å². The van der Waals surface area contributed by atoms with Crippen molar-refractivity contribution in [1.82, 2.24) is 10.7 Å². The van der Waals surface area contributed by atoms with Gasteiger partial charge in [0.15, 0.2) is 16.6 Å². The number of ether oxygens (including phenoxy) is 3. The average molecular weight is 406 g/mol. The number of benzene rings is 1. The lowest BCUT2D eigenvalue weighted by molar-refractivity contribution is 0.114. The molecule has 1 aliphatic heterocycles. The van der Waals surface area contributed by atoms with Gasteiger partial charge in [-0.3, -0.25) is 5.43 Å². The summed E-state index contributed by atoms with van der Waals surface area (Å²) in [6.07, 6.45) is 4.10. The predicted octanol–water partition coefficient (Wildman–Crippen LogP) is 3.31. The van der Waals surface area contributed by atoms with Crippen molar-refractivity contribution in [2.45, 2.75) is 25.6 Å². The van der Waals surface area contributed by atoms with Crippen LogP contribution in [-0.4, -0.2) is 37.7 Å². The molecule has 1 aromatic carbocycles. The Kier molecular flexibility index (Phi) is 7.44. The maximum atomic E-state index is 5.83. The zero-order chi connectivity index (χ0) is 18.9. The summed E-state index contributed by atoms with van der Waals surface area (Å²) >= 11 is 6.87. The number of hydrogen-bond donors (Lipinski definition) is 2. The summed E-state index contributed by atoms with van der Waals surface area (Å²) < 4.78 is 16.8. The first-order valence-electron chi connectivity index (χ1n) is 8.76. The maximum Gasteiger partial charge on any atom is 0.187 e. The van der Waals surface area contributed by atoms with E-state index in [2.05, 4.69) is 15.8 Å². The molecule has 0 saturated carbocycles. The summed E-state index contributed by atoms with van der Waals surface area (Å²) in [5, 5.41) is 9.78. The quantitative estimate of drug-likeness (QED) is 0.399. The topological polar surface area (TPSA) is 64.1 Å². The first kappa shape index (κ1) is 19.6. The van der Waals surface area contributed by atoms with Crippen LogP contribution in [0.15, 0.2) is 40.8 Å². The summed E-state index contributed by atoms with van der Waals surface area (Å²) in [4.78, 5) is 1.16. The molecule has 0 spiro atoms. The van der Waals surface area contributed by atoms with E-state index in [9.17, 15) is 0 Å². The SMILES string of the molecule is COc1cc(/C=N\NC(=S)NC[C@H]2CCCO2)ccc1OCc1cccs1. The van der Waals surface area contributed by atoms with Gasteiger partial charge in [0.1, 0.15) is 6.61 Å². The van der Waals surface area contributed by atoms with Gasteiger partial charge in [0.05, 0.1) is 19.4 Å². The van der Waals surface area contributed by atoms with Gasteiger partial charge in [0.25, 0.3) is 0 Å². The fourth-order valence-corrected chi connectivity index (χ4v) is 3.40. The van der Waals surface area contributed by atoms with Gasteiger partial charge in [-0.2, -0.15) is 5.10 Å². The Hall–Kier alpha value is -2.16. The average Bonchev–Trinajstić information content (AvgIpc) is 3.39. The molecular formula is C19H23N3O3S2. The Morgan fingerprint density at radius 2 is 2.33 bits per heavy atom. The van der Waals surface area contributed by atoms with Crippen LogP contribution in [0.5, 0.6) is 11.5 Å². The van der Waals surface area contributed by atoms with Crippen molar-refractivity contribution in [1.29, 1.82) is 0 Å². The first-order chi connectivity index (χ1) is 13.2. The number of nitrogens with one attached hydrogen (secondary N) is 2. The predicted molar refractivity (Wildman–Crippen MR) is 112 cm³/mol. The molecule has 0 unspecified atom stereocenters. The molecule has 144 valence electrons. The lowest BCUT2D eigenvalue weighted by Crippen LogP contribution is -2.37. The molecule has 0 radical (unpaired) electrons. The lowest BCUT2D eigenvalue weighted by Gasteiger charge is -2.12. The standard InChI is InChI=1S/C19H23N3O3S2/c1-23-18-10-14(6-7-17(18)25-13-16-5-3-9-27-16)11-21-22-19(26)20-12-15-4-2-8-24-15/h3,5-7,9-11,15H,2,4,8,12-13H2,1H3,(H2,20,22,26)/b21-11-/t15-/m1/s1. The molecule has 6 nitrogen and oxygen atoms in total. The highest BCUT2D eigenvalue weighted by molar-refractivity contribution is 7.80. The van der Waals surface area contributed by atoms with Gasteiger partial charge < -0.3 is 19.5 Å². The summed E-state index contributed by atoms with van der Waals surface area (Å²) in [6, 6.07) is 9.71. The highest BCUT2D eigenvalue weighted by atomic mass is 32.1. The number of hydrogen-bond acceptors (Lipinski definition) is 6. The molecule has 2 N–H and O–H groups in total. The van der Waals surface area contributed by atoms with E-state index in [1.807, 2.05) is 35.7 Å². The zero-order valence-corrected chi connectivity index (χ0v) is 16.8. The Balaban J connectivity index is 1.48. The molecule has 1 saturated heterocycles. The molecule has 2 aromatic rings. The van der Waals surface area contributed by atoms with E-state index in [1.165, 1.54) is 0 Å². The number of methoxy groups -OCH3 is 1. The van der Waals surface area contributed by atoms with Crippen molar-refractivity contribution in [3.63, 3.8) is 0 Å². The van der Waals surface area contributed by atoms with Crippen LogP contribution in [0, 0.1) is 0 Å². The van der Waals surface area contributed by atoms with Gasteiger partial charge >= 0.3 is 0 Å². The van der Waals surface area contributed by atoms with E-state index in [0.717, 1.165) is 29.9 Å². The number of thiophene rings is 1. The van der Waals surface area contributed by atoms with Crippen LogP contribution in [-0.2, 0) is 11.3 Å². The van der Waals surface area contributed by atoms with Crippen LogP contribution in [0.2, 0.25) is 0 Å². The molecule has 1 fully saturated rings. The van der Waals surface area contributed by atoms with Crippen LogP contribution in [0.25, 0.3) is 0 Å². The number of hydrazone groups is 1. The highest BCUT2D eigenvalue weighted by Crippen LogP contribution is 2.28. The van der Waals surface area contributed by atoms with E-state index in [0.29, 0.717) is 29.8 Å². The lowest BCUT2D eigenvalue weighted by atomic mass is 10.2. The fourth-order valence-electron chi connectivity index (χ4n) is 2.64. The van der Waals surface area contributed by atoms with E-state index in [-0.39, 0.29) is 6.10 Å². The number of nitrogens with zero attached hydrogens (tertiary/aromatic N) is 1. The summed E-state index contributed by atoms with van der Waals surface area (Å²) in [7, 11) is 1.62. The molecule has 0 bridgehead atoms. The zero-order valence-electron chi connectivity index (χ0n) is 15.1. The second-order valence-electron chi connectivity index (χ2n) is 5.99. The molecule has 8 heteroatoms. The Morgan fingerprint density at radius 1 is 1.41 bits per heavy atom. The van der Waals surface area contributed by atoms with Crippen molar-refractivity contribution in [2.24, 2.45) is 5.10 Å². The van der Waals surface area contributed by atoms with Crippen molar-refractivity contribution in [3.05, 3.63) is 46.2 Å². The van der Waals surface area contributed by atoms with E-state index in [4.69, 9.17) is 26.4 Å². The largest absolute Gasteiger partial charge is 0.493 e. The summed E-state index contributed by atoms with van der Waals surface area (Å²) in [6.45, 7) is 2.05. The van der Waals surface area contributed by atoms with Crippen LogP contribution >= 0.6 is 23.6 Å². The second-order valence-corrected chi connectivity index (χ2v) is 7.43. The normalized spacial score (nSPS) is 16.4. The number of rotatable bonds is 8. The minimum atomic E-state index is 0.236. The van der Waals surface area contributed by atoms with Gasteiger partial charge in [0, 0.05) is 18.0 Å². The Bertz CT molecular complexity index is 760. The molecule has 0 aliphatic carbocycles. The van der Waals surface area contributed by atoms with Gasteiger partial charge in [-0.25, -0.2) is 0 Å². The minimum absolute atomic E-state index is 0.236. The van der Waals surface area contributed by atoms with Gasteiger partial charge in [-0.15, -0.1) is 11.3 Å². The maximum absolute atomic E-state index is 5.83. The van der Waals surface area contributed by atoms with E-state index < -0.39 is 0 Å². The Morgan fingerprint density at radius 3 is 3.07 bits per heavy atom. The van der Waals surface area contributed by atoms with Crippen molar-refractivity contribution < 1.29 is 14.2 Å². The number of thiocarbonyl (C=S) groups is 1. The molecular weight excluding hydrogens is 382 g/mol. The van der Waals surface area contributed by atoms with Gasteiger partial charge in [0.2, 0.25) is 0 Å². The van der Waals surface area contributed by atoms with Crippen LogP contribution in [0.1, 0.15) is 23.3 Å². The smallest absolute Gasteiger partial charge is 0.187 e. The van der Waals surface area contributed by atoms with Gasteiger partial charge in [-0.1, -0.05) is 6.07 Å². The van der Waals surface area contributed by atoms with E-state index in [1.54, 1.807) is 24.7 Å². The van der Waals surface area contributed by atoms with Crippen molar-refractivity contribution >= 4 is 34.9 Å². The molecule has 1 atom stereocenters. The van der Waals surface area contributed by atoms with Crippen LogP contribution in [0.3, 0.4) is 0 Å². The van der Waals surface area contributed by atoms with E-state index >= 15 is 0 Å². The molecule has 3 rings (SSSR count). The van der Waals surface area contributed by atoms with Crippen molar-refractivity contribution in [2.75, 3.05) is 20.3 Å². The molecule has 1 aliphatic rings. The third kappa shape index (κ3) is 6.20. The Labute approximate surface area is 168 Å². The molecule has 0 amide bonds. The third-order valence-corrected chi connectivity index (χ3v) is 5.12. The summed E-state index contributed by atoms with van der Waals surface area (Å²) in [5.41, 5.74) is 3.69. The molecule has 2 heterocycles. The third-order valence-electron chi connectivity index (χ3n) is 4.03. The summed E-state index contributed by atoms with van der Waals surface area (Å²) in [5.74, 6) is 1.36. The molecule has 1 aromatic heterocycles. The van der Waals surface area contributed by atoms with Crippen molar-refractivity contribution in [3.8, 4) is 11.5 Å². The fraction of sp³-hybridized carbons (Fsp3) is 0.368. The monoisotopic (exact) mass is 405 g/mol. The minimum Gasteiger partial charge on any atom is -0.493 e. The second kappa shape index (κ2) is 10.2. The highest BCUT2D eigenvalue weighted by Gasteiger charge is 2.15. The first-order valence-corrected chi connectivity index (χ1v) is 10.0.